The number of hydrogen-bond donors (Lipinski definition) is 0. The monoisotopic (exact) mass is 798 g/mol. The molecule has 0 aliphatic carbocycles. The highest BCUT2D eigenvalue weighted by atomic mass is 15.4. The van der Waals surface area contributed by atoms with Crippen molar-refractivity contribution >= 4 is 44.6 Å². The van der Waals surface area contributed by atoms with Crippen molar-refractivity contribution < 1.29 is 0 Å². The smallest absolute Gasteiger partial charge is 0.137 e. The number of rotatable bonds is 7. The molecule has 10 aromatic rings. The topological polar surface area (TPSA) is 24.3 Å². The van der Waals surface area contributed by atoms with Gasteiger partial charge in [-0.05, 0) is 92.9 Å². The van der Waals surface area contributed by atoms with Gasteiger partial charge >= 0.3 is 0 Å². The van der Waals surface area contributed by atoms with Crippen molar-refractivity contribution in [3.8, 4) is 50.3 Å². The van der Waals surface area contributed by atoms with Gasteiger partial charge < -0.3 is 9.80 Å². The molecule has 0 spiro atoms. The Bertz CT molecular complexity index is 3210. The molecule has 11 rings (SSSR count). The van der Waals surface area contributed by atoms with Crippen molar-refractivity contribution in [1.82, 2.24) is 9.55 Å². The highest BCUT2D eigenvalue weighted by Crippen LogP contribution is 2.50. The molecule has 2 aromatic heterocycles. The fourth-order valence-electron chi connectivity index (χ4n) is 9.38. The molecule has 0 unspecified atom stereocenters. The first-order valence-electron chi connectivity index (χ1n) is 21.5. The lowest BCUT2D eigenvalue weighted by Gasteiger charge is -2.27. The average Bonchev–Trinajstić information content (AvgIpc) is 3.88. The molecule has 0 bridgehead atoms. The minimum atomic E-state index is 0.00226. The average molecular weight is 799 g/mol. The van der Waals surface area contributed by atoms with Crippen LogP contribution in [0.2, 0.25) is 0 Å². The summed E-state index contributed by atoms with van der Waals surface area (Å²) in [6, 6.07) is 74.9. The van der Waals surface area contributed by atoms with Crippen LogP contribution in [-0.4, -0.2) is 16.2 Å². The Balaban J connectivity index is 1.02. The molecule has 0 radical (unpaired) electrons. The maximum absolute atomic E-state index is 4.95. The van der Waals surface area contributed by atoms with Crippen molar-refractivity contribution in [2.75, 3.05) is 16.5 Å². The van der Waals surface area contributed by atoms with Crippen molar-refractivity contribution in [2.45, 2.75) is 26.2 Å². The molecule has 0 amide bonds. The molecule has 0 saturated heterocycles. The third-order valence-corrected chi connectivity index (χ3v) is 12.4. The van der Waals surface area contributed by atoms with Crippen LogP contribution in [0.3, 0.4) is 0 Å². The first-order chi connectivity index (χ1) is 30.4. The number of anilines is 4. The maximum Gasteiger partial charge on any atom is 0.137 e. The van der Waals surface area contributed by atoms with Gasteiger partial charge in [-0.15, -0.1) is 0 Å². The minimum Gasteiger partial charge on any atom is -0.321 e. The zero-order chi connectivity index (χ0) is 41.8. The van der Waals surface area contributed by atoms with Gasteiger partial charge in [-0.1, -0.05) is 178 Å². The number of benzene rings is 8. The molecule has 1 aliphatic rings. The summed E-state index contributed by atoms with van der Waals surface area (Å²) in [5.74, 6) is 0.934. The van der Waals surface area contributed by atoms with Crippen LogP contribution in [0.1, 0.15) is 26.3 Å². The highest BCUT2D eigenvalue weighted by Gasteiger charge is 2.31. The van der Waals surface area contributed by atoms with E-state index in [2.05, 4.69) is 241 Å². The maximum atomic E-state index is 4.95. The largest absolute Gasteiger partial charge is 0.321 e. The van der Waals surface area contributed by atoms with Crippen LogP contribution in [0.15, 0.2) is 212 Å². The lowest BCUT2D eigenvalue weighted by atomic mass is 9.88. The SMILES string of the molecule is CC(C)(C)c1ccnc(-n2c3ccccc3c3ccc(-c4ccccc4-c4cccc(N5CN(c6c(-c7ccccc7)cccc6-c6ccccc6)c6ccccc65)c4)cc32)c1. The first kappa shape index (κ1) is 37.3. The number of fused-ring (bicyclic) bond motifs is 4. The van der Waals surface area contributed by atoms with Crippen LogP contribution in [0, 0.1) is 0 Å². The van der Waals surface area contributed by atoms with Gasteiger partial charge in [-0.2, -0.15) is 0 Å². The van der Waals surface area contributed by atoms with Crippen molar-refractivity contribution in [3.63, 3.8) is 0 Å². The van der Waals surface area contributed by atoms with Gasteiger partial charge in [0.15, 0.2) is 0 Å². The van der Waals surface area contributed by atoms with Crippen LogP contribution in [0.5, 0.6) is 0 Å². The summed E-state index contributed by atoms with van der Waals surface area (Å²) >= 11 is 0. The normalized spacial score (nSPS) is 12.6. The second-order valence-corrected chi connectivity index (χ2v) is 17.3. The number of nitrogens with zero attached hydrogens (tertiary/aromatic N) is 4. The quantitative estimate of drug-likeness (QED) is 0.160. The van der Waals surface area contributed by atoms with Crippen molar-refractivity contribution in [2.24, 2.45) is 0 Å². The van der Waals surface area contributed by atoms with Gasteiger partial charge in [-0.25, -0.2) is 4.98 Å². The molecule has 0 N–H and O–H groups in total. The van der Waals surface area contributed by atoms with E-state index in [9.17, 15) is 0 Å². The van der Waals surface area contributed by atoms with Crippen LogP contribution >= 0.6 is 0 Å². The van der Waals surface area contributed by atoms with Gasteiger partial charge in [0, 0.05) is 33.8 Å². The Morgan fingerprint density at radius 3 is 1.66 bits per heavy atom. The summed E-state index contributed by atoms with van der Waals surface area (Å²) < 4.78 is 2.34. The summed E-state index contributed by atoms with van der Waals surface area (Å²) in [5.41, 5.74) is 17.8. The number of pyridine rings is 1. The van der Waals surface area contributed by atoms with E-state index >= 15 is 0 Å². The Kier molecular flexibility index (Phi) is 9.09. The number of hydrogen-bond acceptors (Lipinski definition) is 3. The Labute approximate surface area is 363 Å². The lowest BCUT2D eigenvalue weighted by molar-refractivity contribution is 0.588. The van der Waals surface area contributed by atoms with E-state index < -0.39 is 0 Å². The third-order valence-electron chi connectivity index (χ3n) is 12.4. The van der Waals surface area contributed by atoms with Gasteiger partial charge in [0.2, 0.25) is 0 Å². The fourth-order valence-corrected chi connectivity index (χ4v) is 9.38. The molecule has 3 heterocycles. The Morgan fingerprint density at radius 2 is 0.968 bits per heavy atom. The molecule has 4 nitrogen and oxygen atoms in total. The molecule has 1 aliphatic heterocycles. The highest BCUT2D eigenvalue weighted by molar-refractivity contribution is 6.10. The molecule has 0 atom stereocenters. The van der Waals surface area contributed by atoms with E-state index in [0.717, 1.165) is 28.1 Å². The van der Waals surface area contributed by atoms with E-state index in [0.29, 0.717) is 6.67 Å². The van der Waals surface area contributed by atoms with Crippen LogP contribution in [0.4, 0.5) is 22.7 Å². The molecule has 8 aromatic carbocycles. The van der Waals surface area contributed by atoms with Crippen molar-refractivity contribution in [3.05, 3.63) is 218 Å². The van der Waals surface area contributed by atoms with Gasteiger partial charge in [-0.3, -0.25) is 4.57 Å². The zero-order valence-electron chi connectivity index (χ0n) is 35.2. The molecule has 0 saturated carbocycles. The van der Waals surface area contributed by atoms with Gasteiger partial charge in [0.25, 0.3) is 0 Å². The second-order valence-electron chi connectivity index (χ2n) is 17.3. The summed E-state index contributed by atoms with van der Waals surface area (Å²) in [6.07, 6.45) is 1.95. The summed E-state index contributed by atoms with van der Waals surface area (Å²) in [5, 5.41) is 2.44. The molecular weight excluding hydrogens is 753 g/mol. The van der Waals surface area contributed by atoms with Crippen LogP contribution < -0.4 is 9.80 Å². The van der Waals surface area contributed by atoms with E-state index in [4.69, 9.17) is 4.98 Å². The summed E-state index contributed by atoms with van der Waals surface area (Å²) in [4.78, 5) is 9.91. The molecular formula is C58H46N4. The third kappa shape index (κ3) is 6.43. The van der Waals surface area contributed by atoms with E-state index in [-0.39, 0.29) is 5.41 Å². The molecule has 0 fully saturated rings. The second kappa shape index (κ2) is 15.1. The van der Waals surface area contributed by atoms with E-state index in [1.165, 1.54) is 72.3 Å². The van der Waals surface area contributed by atoms with Crippen LogP contribution in [-0.2, 0) is 5.41 Å². The standard InChI is InChI=1S/C58H46N4/c1-58(2,3)44-34-35-59-56(38-44)62-52-29-13-12-26-50(52)51-33-32-43(37-55(51)62)47-25-11-10-24-46(47)42-22-16-23-45(36-42)60-39-61(54-31-15-14-30-53(54)60)57-48(40-18-6-4-7-19-40)27-17-28-49(57)41-20-8-5-9-21-41/h4-38H,39H2,1-3H3. The predicted octanol–water partition coefficient (Wildman–Crippen LogP) is 15.4. The van der Waals surface area contributed by atoms with Crippen molar-refractivity contribution in [1.29, 1.82) is 0 Å². The van der Waals surface area contributed by atoms with Crippen LogP contribution in [0.25, 0.3) is 72.1 Å². The van der Waals surface area contributed by atoms with Gasteiger partial charge in [0.1, 0.15) is 12.5 Å². The molecule has 298 valence electrons. The molecule has 4 heteroatoms. The molecule has 62 heavy (non-hydrogen) atoms. The zero-order valence-corrected chi connectivity index (χ0v) is 35.2. The Morgan fingerprint density at radius 1 is 0.419 bits per heavy atom. The van der Waals surface area contributed by atoms with Gasteiger partial charge in [0.05, 0.1) is 28.1 Å². The number of para-hydroxylation sites is 4. The first-order valence-corrected chi connectivity index (χ1v) is 21.5. The predicted molar refractivity (Wildman–Crippen MR) is 261 cm³/mol. The Hall–Kier alpha value is -7.69. The minimum absolute atomic E-state index is 0.00226. The van der Waals surface area contributed by atoms with E-state index in [1.54, 1.807) is 0 Å². The summed E-state index contributed by atoms with van der Waals surface area (Å²) in [6.45, 7) is 7.44. The fraction of sp³-hybridized carbons (Fsp3) is 0.0862. The lowest BCUT2D eigenvalue weighted by Crippen LogP contribution is -2.25. The summed E-state index contributed by atoms with van der Waals surface area (Å²) in [7, 11) is 0. The van der Waals surface area contributed by atoms with E-state index in [1.807, 2.05) is 6.20 Å². The number of aromatic nitrogens is 2.